The van der Waals surface area contributed by atoms with Crippen LogP contribution in [-0.4, -0.2) is 62.7 Å². The lowest BCUT2D eigenvalue weighted by molar-refractivity contribution is -0.283. The van der Waals surface area contributed by atoms with E-state index in [1.807, 2.05) is 6.92 Å². The molecule has 1 fully saturated rings. The standard InChI is InChI=1S/C10H21N3O5/c1-2-5(11)3-13(12)4-6-7(14)8(15)9(16)10(17)18-6/h3,6-10,14-17H,2,4,11-12H2,1H3/b5-3-. The molecular formula is C10H21N3O5. The van der Waals surface area contributed by atoms with Crippen LogP contribution < -0.4 is 11.6 Å². The monoisotopic (exact) mass is 263 g/mol. The van der Waals surface area contributed by atoms with Crippen LogP contribution in [0.25, 0.3) is 0 Å². The van der Waals surface area contributed by atoms with Crippen molar-refractivity contribution in [1.29, 1.82) is 0 Å². The van der Waals surface area contributed by atoms with Crippen molar-refractivity contribution in [1.82, 2.24) is 5.01 Å². The van der Waals surface area contributed by atoms with E-state index in [0.29, 0.717) is 12.1 Å². The molecule has 0 radical (unpaired) electrons. The van der Waals surface area contributed by atoms with Gasteiger partial charge in [-0.15, -0.1) is 0 Å². The van der Waals surface area contributed by atoms with Crippen molar-refractivity contribution in [2.75, 3.05) is 6.54 Å². The Labute approximate surface area is 105 Å². The Morgan fingerprint density at radius 2 is 1.83 bits per heavy atom. The molecule has 1 rings (SSSR count). The highest BCUT2D eigenvalue weighted by Crippen LogP contribution is 2.20. The summed E-state index contributed by atoms with van der Waals surface area (Å²) in [6.45, 7) is 1.87. The molecule has 0 aliphatic carbocycles. The van der Waals surface area contributed by atoms with Crippen molar-refractivity contribution in [2.45, 2.75) is 44.1 Å². The predicted octanol–water partition coefficient (Wildman–Crippen LogP) is -2.83. The third kappa shape index (κ3) is 3.55. The van der Waals surface area contributed by atoms with E-state index >= 15 is 0 Å². The Hall–Kier alpha value is -0.900. The van der Waals surface area contributed by atoms with Gasteiger partial charge in [-0.2, -0.15) is 0 Å². The highest BCUT2D eigenvalue weighted by atomic mass is 16.6. The second-order valence-electron chi connectivity index (χ2n) is 4.29. The normalized spacial score (nSPS) is 37.7. The molecule has 0 aromatic heterocycles. The maximum absolute atomic E-state index is 9.69. The summed E-state index contributed by atoms with van der Waals surface area (Å²) in [6.07, 6.45) is -4.77. The molecule has 1 aliphatic rings. The Morgan fingerprint density at radius 3 is 2.39 bits per heavy atom. The Balaban J connectivity index is 2.61. The van der Waals surface area contributed by atoms with Gasteiger partial charge in [0.05, 0.1) is 6.54 Å². The van der Waals surface area contributed by atoms with Gasteiger partial charge in [-0.25, -0.2) is 5.84 Å². The molecule has 0 bridgehead atoms. The molecular weight excluding hydrogens is 242 g/mol. The number of hydrogen-bond acceptors (Lipinski definition) is 8. The molecule has 1 saturated heterocycles. The Morgan fingerprint density at radius 1 is 1.22 bits per heavy atom. The van der Waals surface area contributed by atoms with E-state index < -0.39 is 30.7 Å². The molecule has 0 aromatic carbocycles. The summed E-state index contributed by atoms with van der Waals surface area (Å²) in [4.78, 5) is 0. The molecule has 1 heterocycles. The zero-order valence-corrected chi connectivity index (χ0v) is 10.2. The SMILES string of the molecule is CC/C(N)=C/N(N)CC1OC(O)C(O)C(O)C1O. The van der Waals surface area contributed by atoms with Gasteiger partial charge in [-0.3, -0.25) is 0 Å². The summed E-state index contributed by atoms with van der Waals surface area (Å²) < 4.78 is 4.97. The summed E-state index contributed by atoms with van der Waals surface area (Å²) in [7, 11) is 0. The quantitative estimate of drug-likeness (QED) is 0.235. The predicted molar refractivity (Wildman–Crippen MR) is 62.4 cm³/mol. The van der Waals surface area contributed by atoms with E-state index in [1.54, 1.807) is 0 Å². The molecule has 106 valence electrons. The van der Waals surface area contributed by atoms with Gasteiger partial charge in [0.15, 0.2) is 6.29 Å². The number of rotatable bonds is 4. The second-order valence-corrected chi connectivity index (χ2v) is 4.29. The van der Waals surface area contributed by atoms with Crippen molar-refractivity contribution in [3.63, 3.8) is 0 Å². The van der Waals surface area contributed by atoms with Crippen LogP contribution in [0.1, 0.15) is 13.3 Å². The third-order valence-corrected chi connectivity index (χ3v) is 2.82. The van der Waals surface area contributed by atoms with Gasteiger partial charge >= 0.3 is 0 Å². The lowest BCUT2D eigenvalue weighted by atomic mass is 9.99. The molecule has 0 spiro atoms. The van der Waals surface area contributed by atoms with E-state index in [4.69, 9.17) is 16.3 Å². The fourth-order valence-corrected chi connectivity index (χ4v) is 1.65. The number of nitrogens with zero attached hydrogens (tertiary/aromatic N) is 1. The highest BCUT2D eigenvalue weighted by molar-refractivity contribution is 4.96. The maximum Gasteiger partial charge on any atom is 0.184 e. The molecule has 18 heavy (non-hydrogen) atoms. The van der Waals surface area contributed by atoms with Gasteiger partial charge in [-0.05, 0) is 6.42 Å². The van der Waals surface area contributed by atoms with Crippen molar-refractivity contribution in [2.24, 2.45) is 11.6 Å². The first-order chi connectivity index (χ1) is 8.36. The summed E-state index contributed by atoms with van der Waals surface area (Å²) in [5.41, 5.74) is 6.13. The van der Waals surface area contributed by atoms with Crippen LogP contribution in [0.2, 0.25) is 0 Å². The average molecular weight is 263 g/mol. The molecule has 1 aliphatic heterocycles. The minimum absolute atomic E-state index is 0.0166. The maximum atomic E-state index is 9.69. The molecule has 8 N–H and O–H groups in total. The highest BCUT2D eigenvalue weighted by Gasteiger charge is 2.43. The van der Waals surface area contributed by atoms with Crippen LogP contribution in [-0.2, 0) is 4.74 Å². The first kappa shape index (κ1) is 15.2. The van der Waals surface area contributed by atoms with Crippen LogP contribution in [0.5, 0.6) is 0 Å². The van der Waals surface area contributed by atoms with Crippen LogP contribution in [0.4, 0.5) is 0 Å². The fourth-order valence-electron chi connectivity index (χ4n) is 1.65. The van der Waals surface area contributed by atoms with E-state index in [0.717, 1.165) is 0 Å². The molecule has 5 unspecified atom stereocenters. The van der Waals surface area contributed by atoms with Crippen LogP contribution in [0, 0.1) is 0 Å². The number of hydrogen-bond donors (Lipinski definition) is 6. The van der Waals surface area contributed by atoms with Crippen LogP contribution >= 0.6 is 0 Å². The number of aliphatic hydroxyl groups is 4. The first-order valence-electron chi connectivity index (χ1n) is 5.72. The summed E-state index contributed by atoms with van der Waals surface area (Å²) in [6, 6.07) is 0. The van der Waals surface area contributed by atoms with E-state index in [1.165, 1.54) is 11.2 Å². The van der Waals surface area contributed by atoms with Crippen molar-refractivity contribution in [3.05, 3.63) is 11.9 Å². The fraction of sp³-hybridized carbons (Fsp3) is 0.800. The number of aliphatic hydroxyl groups excluding tert-OH is 4. The Kier molecular flexibility index (Phi) is 5.32. The second kappa shape index (κ2) is 6.32. The van der Waals surface area contributed by atoms with Gasteiger partial charge in [0, 0.05) is 11.9 Å². The largest absolute Gasteiger partial charge is 0.401 e. The summed E-state index contributed by atoms with van der Waals surface area (Å²) in [5, 5.41) is 39.0. The van der Waals surface area contributed by atoms with Crippen molar-refractivity contribution >= 4 is 0 Å². The lowest BCUT2D eigenvalue weighted by Crippen LogP contribution is -2.60. The van der Waals surface area contributed by atoms with E-state index in [9.17, 15) is 20.4 Å². The Bertz CT molecular complexity index is 301. The smallest absolute Gasteiger partial charge is 0.184 e. The zero-order valence-electron chi connectivity index (χ0n) is 10.2. The molecule has 8 heteroatoms. The molecule has 0 saturated carbocycles. The van der Waals surface area contributed by atoms with Gasteiger partial charge in [-0.1, -0.05) is 6.92 Å². The zero-order chi connectivity index (χ0) is 13.9. The van der Waals surface area contributed by atoms with Gasteiger partial charge in [0.2, 0.25) is 0 Å². The third-order valence-electron chi connectivity index (χ3n) is 2.82. The summed E-state index contributed by atoms with van der Waals surface area (Å²) in [5.74, 6) is 5.63. The van der Waals surface area contributed by atoms with Gasteiger partial charge in [0.1, 0.15) is 24.4 Å². The van der Waals surface area contributed by atoms with Gasteiger partial charge < -0.3 is 35.9 Å². The van der Waals surface area contributed by atoms with Crippen LogP contribution in [0.15, 0.2) is 11.9 Å². The molecule has 8 nitrogen and oxygen atoms in total. The minimum atomic E-state index is -1.56. The van der Waals surface area contributed by atoms with Crippen molar-refractivity contribution < 1.29 is 25.2 Å². The molecule has 0 aromatic rings. The number of hydrazine groups is 1. The molecule has 5 atom stereocenters. The lowest BCUT2D eigenvalue weighted by Gasteiger charge is -2.39. The first-order valence-corrected chi connectivity index (χ1v) is 5.72. The number of nitrogens with two attached hydrogens (primary N) is 2. The van der Waals surface area contributed by atoms with Crippen LogP contribution in [0.3, 0.4) is 0 Å². The number of ether oxygens (including phenoxy) is 1. The summed E-state index contributed by atoms with van der Waals surface area (Å²) >= 11 is 0. The van der Waals surface area contributed by atoms with E-state index in [2.05, 4.69) is 0 Å². The average Bonchev–Trinajstić information content (AvgIpc) is 2.33. The minimum Gasteiger partial charge on any atom is -0.401 e. The van der Waals surface area contributed by atoms with E-state index in [-0.39, 0.29) is 6.54 Å². The topological polar surface area (TPSA) is 145 Å². The van der Waals surface area contributed by atoms with Gasteiger partial charge in [0.25, 0.3) is 0 Å². The number of allylic oxidation sites excluding steroid dienone is 1. The molecule has 0 amide bonds. The van der Waals surface area contributed by atoms with Crippen molar-refractivity contribution in [3.8, 4) is 0 Å².